The first-order valence-corrected chi connectivity index (χ1v) is 10.6. The molecule has 1 amide bonds. The number of nitrogens with zero attached hydrogens (tertiary/aromatic N) is 2. The van der Waals surface area contributed by atoms with Gasteiger partial charge in [0, 0.05) is 5.02 Å². The van der Waals surface area contributed by atoms with Crippen LogP contribution in [-0.2, 0) is 4.79 Å². The minimum absolute atomic E-state index is 0.0371. The smallest absolute Gasteiger partial charge is 0.296 e. The number of furan rings is 1. The van der Waals surface area contributed by atoms with Crippen molar-refractivity contribution in [2.75, 3.05) is 4.90 Å². The zero-order chi connectivity index (χ0) is 21.7. The van der Waals surface area contributed by atoms with Crippen LogP contribution in [0, 0.1) is 6.92 Å². The van der Waals surface area contributed by atoms with Crippen molar-refractivity contribution in [3.05, 3.63) is 94.1 Å². The van der Waals surface area contributed by atoms with Crippen LogP contribution in [-0.4, -0.2) is 21.8 Å². The second kappa shape index (κ2) is 7.37. The summed E-state index contributed by atoms with van der Waals surface area (Å²) in [5, 5.41) is 11.6. The van der Waals surface area contributed by atoms with Gasteiger partial charge in [-0.2, -0.15) is 0 Å². The molecule has 31 heavy (non-hydrogen) atoms. The van der Waals surface area contributed by atoms with Crippen molar-refractivity contribution in [3.8, 4) is 0 Å². The lowest BCUT2D eigenvalue weighted by Gasteiger charge is -2.24. The summed E-state index contributed by atoms with van der Waals surface area (Å²) in [5.41, 5.74) is 2.36. The number of benzene rings is 2. The van der Waals surface area contributed by atoms with E-state index in [-0.39, 0.29) is 11.3 Å². The van der Waals surface area contributed by atoms with Crippen molar-refractivity contribution >= 4 is 50.0 Å². The summed E-state index contributed by atoms with van der Waals surface area (Å²) in [5.74, 6) is -1.83. The number of thiazole rings is 1. The summed E-state index contributed by atoms with van der Waals surface area (Å²) in [6.45, 7) is 1.98. The molecule has 0 unspecified atom stereocenters. The van der Waals surface area contributed by atoms with E-state index in [9.17, 15) is 14.7 Å². The van der Waals surface area contributed by atoms with Crippen molar-refractivity contribution in [2.24, 2.45) is 0 Å². The highest BCUT2D eigenvalue weighted by Crippen LogP contribution is 2.44. The summed E-state index contributed by atoms with van der Waals surface area (Å²) in [7, 11) is 0. The van der Waals surface area contributed by atoms with Crippen molar-refractivity contribution in [1.29, 1.82) is 0 Å². The Morgan fingerprint density at radius 2 is 1.97 bits per heavy atom. The molecule has 0 saturated carbocycles. The number of rotatable bonds is 4. The molecule has 1 aliphatic rings. The van der Waals surface area contributed by atoms with Gasteiger partial charge in [0.1, 0.15) is 0 Å². The molecule has 0 saturated heterocycles. The quantitative estimate of drug-likeness (QED) is 0.407. The maximum absolute atomic E-state index is 13.2. The largest absolute Gasteiger partial charge is 0.503 e. The monoisotopic (exact) mass is 450 g/mol. The van der Waals surface area contributed by atoms with E-state index in [1.807, 2.05) is 25.1 Å². The van der Waals surface area contributed by atoms with Gasteiger partial charge < -0.3 is 9.52 Å². The van der Waals surface area contributed by atoms with Crippen LogP contribution in [0.3, 0.4) is 0 Å². The van der Waals surface area contributed by atoms with Crippen LogP contribution in [0.1, 0.15) is 27.7 Å². The molecule has 0 bridgehead atoms. The summed E-state index contributed by atoms with van der Waals surface area (Å²) in [6.07, 6.45) is 1.37. The number of aromatic nitrogens is 1. The molecule has 6 nitrogen and oxygen atoms in total. The average Bonchev–Trinajstić information content (AvgIpc) is 3.47. The lowest BCUT2D eigenvalue weighted by molar-refractivity contribution is -0.117. The average molecular weight is 451 g/mol. The molecule has 0 radical (unpaired) electrons. The van der Waals surface area contributed by atoms with Gasteiger partial charge in [-0.1, -0.05) is 41.1 Å². The van der Waals surface area contributed by atoms with Gasteiger partial charge in [-0.25, -0.2) is 4.98 Å². The molecule has 5 rings (SSSR count). The first kappa shape index (κ1) is 19.5. The maximum atomic E-state index is 13.2. The van der Waals surface area contributed by atoms with Crippen molar-refractivity contribution in [2.45, 2.75) is 13.0 Å². The van der Waals surface area contributed by atoms with E-state index in [1.54, 1.807) is 30.3 Å². The number of carbonyl (C=O) groups excluding carboxylic acids is 2. The van der Waals surface area contributed by atoms with Gasteiger partial charge in [0.15, 0.2) is 16.7 Å². The highest BCUT2D eigenvalue weighted by molar-refractivity contribution is 7.22. The van der Waals surface area contributed by atoms with Gasteiger partial charge in [-0.15, -0.1) is 0 Å². The number of halogens is 1. The highest BCUT2D eigenvalue weighted by atomic mass is 35.5. The second-order valence-electron chi connectivity index (χ2n) is 7.17. The minimum Gasteiger partial charge on any atom is -0.503 e. The van der Waals surface area contributed by atoms with Gasteiger partial charge in [0.05, 0.1) is 28.1 Å². The van der Waals surface area contributed by atoms with Crippen LogP contribution >= 0.6 is 22.9 Å². The molecule has 0 spiro atoms. The van der Waals surface area contributed by atoms with E-state index in [2.05, 4.69) is 4.98 Å². The number of amides is 1. The van der Waals surface area contributed by atoms with Crippen LogP contribution in [0.15, 0.2) is 76.6 Å². The number of aliphatic hydroxyl groups is 1. The third-order valence-electron chi connectivity index (χ3n) is 5.12. The molecule has 154 valence electrons. The Kier molecular flexibility index (Phi) is 4.64. The van der Waals surface area contributed by atoms with Crippen molar-refractivity contribution in [1.82, 2.24) is 4.98 Å². The van der Waals surface area contributed by atoms with E-state index in [0.717, 1.165) is 15.8 Å². The van der Waals surface area contributed by atoms with E-state index >= 15 is 0 Å². The number of fused-ring (bicyclic) bond motifs is 1. The van der Waals surface area contributed by atoms with E-state index in [4.69, 9.17) is 16.0 Å². The van der Waals surface area contributed by atoms with Gasteiger partial charge in [0.2, 0.25) is 5.78 Å². The molecule has 0 fully saturated rings. The summed E-state index contributed by atoms with van der Waals surface area (Å²) in [4.78, 5) is 32.3. The Morgan fingerprint density at radius 3 is 2.68 bits per heavy atom. The van der Waals surface area contributed by atoms with E-state index < -0.39 is 23.5 Å². The van der Waals surface area contributed by atoms with Gasteiger partial charge in [-0.3, -0.25) is 14.5 Å². The number of aryl methyl sites for hydroxylation is 1. The van der Waals surface area contributed by atoms with Crippen LogP contribution in [0.2, 0.25) is 5.02 Å². The number of Topliss-reactive ketones (excluding diaryl/α,β-unsaturated/α-hetero) is 1. The fourth-order valence-corrected chi connectivity index (χ4v) is 4.87. The zero-order valence-corrected chi connectivity index (χ0v) is 17.8. The summed E-state index contributed by atoms with van der Waals surface area (Å²) < 4.78 is 6.14. The molecule has 4 aromatic rings. The number of anilines is 1. The molecule has 1 N–H and O–H groups in total. The standard InChI is InChI=1S/C23H15ClN2O4S/c1-12-4-9-15-17(11-12)31-23(25-15)26-19(13-5-7-14(24)8-6-13)18(21(28)22(26)29)20(27)16-3-2-10-30-16/h2-11,19,28H,1H3/t19-/m1/s1. The van der Waals surface area contributed by atoms with Gasteiger partial charge in [0.25, 0.3) is 5.91 Å². The Balaban J connectivity index is 1.68. The second-order valence-corrected chi connectivity index (χ2v) is 8.61. The lowest BCUT2D eigenvalue weighted by Crippen LogP contribution is -2.30. The maximum Gasteiger partial charge on any atom is 0.296 e. The fourth-order valence-electron chi connectivity index (χ4n) is 3.66. The first-order chi connectivity index (χ1) is 14.9. The van der Waals surface area contributed by atoms with Crippen molar-refractivity contribution < 1.29 is 19.1 Å². The van der Waals surface area contributed by atoms with Gasteiger partial charge in [-0.05, 0) is 54.4 Å². The summed E-state index contributed by atoms with van der Waals surface area (Å²) >= 11 is 7.37. The van der Waals surface area contributed by atoms with E-state index in [1.165, 1.54) is 28.6 Å². The SMILES string of the molecule is Cc1ccc2nc(N3C(=O)C(O)=C(C(=O)c4ccco4)[C@H]3c3ccc(Cl)cc3)sc2c1. The van der Waals surface area contributed by atoms with E-state index in [0.29, 0.717) is 15.7 Å². The highest BCUT2D eigenvalue weighted by Gasteiger charge is 2.46. The molecule has 3 heterocycles. The Labute approximate surface area is 186 Å². The Bertz CT molecular complexity index is 1360. The van der Waals surface area contributed by atoms with Gasteiger partial charge >= 0.3 is 0 Å². The minimum atomic E-state index is -0.871. The number of ketones is 1. The molecule has 2 aromatic carbocycles. The van der Waals surface area contributed by atoms with Crippen LogP contribution in [0.5, 0.6) is 0 Å². The third-order valence-corrected chi connectivity index (χ3v) is 6.39. The Hall–Kier alpha value is -3.42. The lowest BCUT2D eigenvalue weighted by atomic mass is 9.95. The number of aliphatic hydroxyl groups excluding tert-OH is 1. The topological polar surface area (TPSA) is 83.6 Å². The number of carbonyl (C=O) groups is 2. The molecule has 1 aliphatic heterocycles. The molecule has 8 heteroatoms. The molecular formula is C23H15ClN2O4S. The Morgan fingerprint density at radius 1 is 1.19 bits per heavy atom. The number of hydrogen-bond acceptors (Lipinski definition) is 6. The number of hydrogen-bond donors (Lipinski definition) is 1. The normalized spacial score (nSPS) is 16.5. The zero-order valence-electron chi connectivity index (χ0n) is 16.2. The molecular weight excluding hydrogens is 436 g/mol. The molecule has 1 atom stereocenters. The van der Waals surface area contributed by atoms with Crippen LogP contribution < -0.4 is 4.90 Å². The molecule has 2 aromatic heterocycles. The van der Waals surface area contributed by atoms with Crippen molar-refractivity contribution in [3.63, 3.8) is 0 Å². The predicted octanol–water partition coefficient (Wildman–Crippen LogP) is 5.63. The summed E-state index contributed by atoms with van der Waals surface area (Å²) in [6, 6.07) is 14.8. The molecule has 0 aliphatic carbocycles. The fraction of sp³-hybridized carbons (Fsp3) is 0.0870. The third kappa shape index (κ3) is 3.22. The van der Waals surface area contributed by atoms with Crippen LogP contribution in [0.4, 0.5) is 5.13 Å². The first-order valence-electron chi connectivity index (χ1n) is 9.41. The predicted molar refractivity (Wildman–Crippen MR) is 119 cm³/mol. The van der Waals surface area contributed by atoms with Crippen LogP contribution in [0.25, 0.3) is 10.2 Å².